The third-order valence-electron chi connectivity index (χ3n) is 4.20. The summed E-state index contributed by atoms with van der Waals surface area (Å²) in [6.45, 7) is 11.7. The van der Waals surface area contributed by atoms with Gasteiger partial charge in [0.2, 0.25) is 0 Å². The standard InChI is InChI=1S/C16H26N4O/c1-5-19(6-2)15-11-14(17-13(4)18-15)16(21)20-9-7-12(3)8-10-20/h11-12H,5-10H2,1-4H3. The number of nitrogens with zero attached hydrogens (tertiary/aromatic N) is 4. The number of carbonyl (C=O) groups excluding carboxylic acids is 1. The number of aromatic nitrogens is 2. The molecule has 1 saturated heterocycles. The van der Waals surface area contributed by atoms with Crippen molar-refractivity contribution in [3.05, 3.63) is 17.6 Å². The Labute approximate surface area is 127 Å². The van der Waals surface area contributed by atoms with Crippen LogP contribution in [0.1, 0.15) is 49.9 Å². The Balaban J connectivity index is 2.20. The predicted molar refractivity (Wildman–Crippen MR) is 84.6 cm³/mol. The van der Waals surface area contributed by atoms with E-state index in [-0.39, 0.29) is 5.91 Å². The molecule has 1 aliphatic heterocycles. The zero-order chi connectivity index (χ0) is 15.4. The molecule has 2 heterocycles. The minimum Gasteiger partial charge on any atom is -0.357 e. The fourth-order valence-electron chi connectivity index (χ4n) is 2.74. The molecule has 1 fully saturated rings. The van der Waals surface area contributed by atoms with Crippen LogP contribution < -0.4 is 4.90 Å². The molecule has 0 aromatic carbocycles. The van der Waals surface area contributed by atoms with Gasteiger partial charge in [0.1, 0.15) is 17.3 Å². The van der Waals surface area contributed by atoms with Crippen molar-refractivity contribution in [3.63, 3.8) is 0 Å². The monoisotopic (exact) mass is 290 g/mol. The Hall–Kier alpha value is -1.65. The zero-order valence-corrected chi connectivity index (χ0v) is 13.6. The Morgan fingerprint density at radius 1 is 1.29 bits per heavy atom. The summed E-state index contributed by atoms with van der Waals surface area (Å²) in [6, 6.07) is 1.83. The summed E-state index contributed by atoms with van der Waals surface area (Å²) in [6.07, 6.45) is 2.16. The zero-order valence-electron chi connectivity index (χ0n) is 13.6. The van der Waals surface area contributed by atoms with Gasteiger partial charge in [0, 0.05) is 32.2 Å². The van der Waals surface area contributed by atoms with Gasteiger partial charge in [0.15, 0.2) is 0 Å². The molecule has 2 rings (SSSR count). The van der Waals surface area contributed by atoms with Crippen molar-refractivity contribution in [2.24, 2.45) is 5.92 Å². The van der Waals surface area contributed by atoms with Crippen LogP contribution in [0.3, 0.4) is 0 Å². The van der Waals surface area contributed by atoms with Crippen molar-refractivity contribution >= 4 is 11.7 Å². The van der Waals surface area contributed by atoms with Crippen LogP contribution in [0.2, 0.25) is 0 Å². The fraction of sp³-hybridized carbons (Fsp3) is 0.688. The van der Waals surface area contributed by atoms with Gasteiger partial charge in [-0.1, -0.05) is 6.92 Å². The number of amides is 1. The molecule has 0 N–H and O–H groups in total. The number of aryl methyl sites for hydroxylation is 1. The summed E-state index contributed by atoms with van der Waals surface area (Å²) in [5, 5.41) is 0. The first-order valence-electron chi connectivity index (χ1n) is 7.95. The van der Waals surface area contributed by atoms with Crippen LogP contribution in [0.5, 0.6) is 0 Å². The van der Waals surface area contributed by atoms with E-state index in [1.54, 1.807) is 0 Å². The van der Waals surface area contributed by atoms with Crippen molar-refractivity contribution in [1.82, 2.24) is 14.9 Å². The Bertz CT molecular complexity index is 491. The quantitative estimate of drug-likeness (QED) is 0.855. The highest BCUT2D eigenvalue weighted by atomic mass is 16.2. The van der Waals surface area contributed by atoms with Gasteiger partial charge in [-0.25, -0.2) is 9.97 Å². The number of anilines is 1. The maximum absolute atomic E-state index is 12.6. The van der Waals surface area contributed by atoms with Crippen molar-refractivity contribution in [2.45, 2.75) is 40.5 Å². The highest BCUT2D eigenvalue weighted by Gasteiger charge is 2.23. The molecular formula is C16H26N4O. The van der Waals surface area contributed by atoms with Gasteiger partial charge in [-0.2, -0.15) is 0 Å². The molecule has 116 valence electrons. The molecule has 1 amide bonds. The van der Waals surface area contributed by atoms with E-state index in [0.717, 1.165) is 44.8 Å². The van der Waals surface area contributed by atoms with Crippen LogP contribution in [0.15, 0.2) is 6.07 Å². The second-order valence-corrected chi connectivity index (χ2v) is 5.81. The summed E-state index contributed by atoms with van der Waals surface area (Å²) in [4.78, 5) is 25.5. The van der Waals surface area contributed by atoms with E-state index in [1.807, 2.05) is 17.9 Å². The molecule has 5 heteroatoms. The number of carbonyl (C=O) groups is 1. The van der Waals surface area contributed by atoms with E-state index in [1.165, 1.54) is 0 Å². The minimum absolute atomic E-state index is 0.0424. The van der Waals surface area contributed by atoms with Crippen molar-refractivity contribution in [3.8, 4) is 0 Å². The number of piperidine rings is 1. The highest BCUT2D eigenvalue weighted by Crippen LogP contribution is 2.19. The molecule has 0 bridgehead atoms. The first kappa shape index (κ1) is 15.7. The van der Waals surface area contributed by atoms with E-state index in [2.05, 4.69) is 35.6 Å². The van der Waals surface area contributed by atoms with Crippen molar-refractivity contribution in [2.75, 3.05) is 31.1 Å². The second-order valence-electron chi connectivity index (χ2n) is 5.81. The minimum atomic E-state index is 0.0424. The number of hydrogen-bond acceptors (Lipinski definition) is 4. The van der Waals surface area contributed by atoms with Crippen LogP contribution >= 0.6 is 0 Å². The van der Waals surface area contributed by atoms with E-state index < -0.39 is 0 Å². The van der Waals surface area contributed by atoms with Gasteiger partial charge < -0.3 is 9.80 Å². The molecule has 0 saturated carbocycles. The summed E-state index contributed by atoms with van der Waals surface area (Å²) in [5.74, 6) is 2.27. The van der Waals surface area contributed by atoms with Gasteiger partial charge in [0.25, 0.3) is 5.91 Å². The molecule has 1 aromatic rings. The topological polar surface area (TPSA) is 49.3 Å². The summed E-state index contributed by atoms with van der Waals surface area (Å²) < 4.78 is 0. The Morgan fingerprint density at radius 2 is 1.90 bits per heavy atom. The molecule has 0 radical (unpaired) electrons. The summed E-state index contributed by atoms with van der Waals surface area (Å²) >= 11 is 0. The molecule has 0 unspecified atom stereocenters. The normalized spacial score (nSPS) is 16.1. The largest absolute Gasteiger partial charge is 0.357 e. The van der Waals surface area contributed by atoms with E-state index in [4.69, 9.17) is 0 Å². The lowest BCUT2D eigenvalue weighted by molar-refractivity contribution is 0.0691. The van der Waals surface area contributed by atoms with Gasteiger partial charge in [-0.15, -0.1) is 0 Å². The van der Waals surface area contributed by atoms with Crippen LogP contribution in [0.25, 0.3) is 0 Å². The fourth-order valence-corrected chi connectivity index (χ4v) is 2.74. The first-order chi connectivity index (χ1) is 10.0. The maximum Gasteiger partial charge on any atom is 0.272 e. The van der Waals surface area contributed by atoms with Gasteiger partial charge in [-0.3, -0.25) is 4.79 Å². The third kappa shape index (κ3) is 3.71. The molecule has 1 aromatic heterocycles. The average molecular weight is 290 g/mol. The van der Waals surface area contributed by atoms with Crippen LogP contribution in [0.4, 0.5) is 5.82 Å². The predicted octanol–water partition coefficient (Wildman–Crippen LogP) is 2.50. The molecular weight excluding hydrogens is 264 g/mol. The van der Waals surface area contributed by atoms with Crippen molar-refractivity contribution < 1.29 is 4.79 Å². The number of likely N-dealkylation sites (tertiary alicyclic amines) is 1. The van der Waals surface area contributed by atoms with Crippen molar-refractivity contribution in [1.29, 1.82) is 0 Å². The van der Waals surface area contributed by atoms with Gasteiger partial charge >= 0.3 is 0 Å². The van der Waals surface area contributed by atoms with E-state index in [0.29, 0.717) is 17.4 Å². The van der Waals surface area contributed by atoms with Crippen LogP contribution in [0, 0.1) is 12.8 Å². The third-order valence-corrected chi connectivity index (χ3v) is 4.20. The van der Waals surface area contributed by atoms with Gasteiger partial charge in [-0.05, 0) is 39.5 Å². The number of hydrogen-bond donors (Lipinski definition) is 0. The molecule has 0 atom stereocenters. The SMILES string of the molecule is CCN(CC)c1cc(C(=O)N2CCC(C)CC2)nc(C)n1. The Morgan fingerprint density at radius 3 is 2.48 bits per heavy atom. The van der Waals surface area contributed by atoms with Crippen LogP contribution in [-0.4, -0.2) is 47.0 Å². The molecule has 21 heavy (non-hydrogen) atoms. The smallest absolute Gasteiger partial charge is 0.272 e. The number of rotatable bonds is 4. The van der Waals surface area contributed by atoms with Crippen LogP contribution in [-0.2, 0) is 0 Å². The second kappa shape index (κ2) is 6.87. The lowest BCUT2D eigenvalue weighted by Gasteiger charge is -2.30. The molecule has 0 spiro atoms. The molecule has 5 nitrogen and oxygen atoms in total. The molecule has 1 aliphatic rings. The Kier molecular flexibility index (Phi) is 5.15. The van der Waals surface area contributed by atoms with E-state index in [9.17, 15) is 4.79 Å². The van der Waals surface area contributed by atoms with E-state index >= 15 is 0 Å². The van der Waals surface area contributed by atoms with Gasteiger partial charge in [0.05, 0.1) is 0 Å². The lowest BCUT2D eigenvalue weighted by Crippen LogP contribution is -2.38. The maximum atomic E-state index is 12.6. The average Bonchev–Trinajstić information content (AvgIpc) is 2.48. The lowest BCUT2D eigenvalue weighted by atomic mass is 9.99. The highest BCUT2D eigenvalue weighted by molar-refractivity contribution is 5.93. The summed E-state index contributed by atoms with van der Waals surface area (Å²) in [7, 11) is 0. The first-order valence-corrected chi connectivity index (χ1v) is 7.95. The molecule has 0 aliphatic carbocycles. The summed E-state index contributed by atoms with van der Waals surface area (Å²) in [5.41, 5.74) is 0.527.